The molecule has 0 spiro atoms. The number of aliphatic carboxylic acids is 1. The van der Waals surface area contributed by atoms with Crippen molar-refractivity contribution in [1.29, 1.82) is 0 Å². The van der Waals surface area contributed by atoms with Crippen molar-refractivity contribution in [3.63, 3.8) is 0 Å². The molecule has 0 aromatic heterocycles. The van der Waals surface area contributed by atoms with Crippen LogP contribution in [0.3, 0.4) is 0 Å². The number of hydrogen-bond donors (Lipinski definition) is 5. The number of aliphatic hydroxyl groups excluding tert-OH is 3. The van der Waals surface area contributed by atoms with Gasteiger partial charge in [-0.3, -0.25) is 9.59 Å². The van der Waals surface area contributed by atoms with Crippen molar-refractivity contribution >= 4 is 11.9 Å². The summed E-state index contributed by atoms with van der Waals surface area (Å²) < 4.78 is 12.7. The second-order valence-corrected chi connectivity index (χ2v) is 18.6. The second kappa shape index (κ2) is 11.5. The van der Waals surface area contributed by atoms with Gasteiger partial charge >= 0.3 is 5.97 Å². The first-order valence-corrected chi connectivity index (χ1v) is 18.3. The van der Waals surface area contributed by atoms with Gasteiger partial charge in [-0.25, -0.2) is 0 Å². The molecule has 1 saturated heterocycles. The Morgan fingerprint density at radius 3 is 2.26 bits per heavy atom. The maximum absolute atomic E-state index is 13.0. The Balaban J connectivity index is 1.29. The van der Waals surface area contributed by atoms with Crippen LogP contribution in [0, 0.1) is 50.2 Å². The molecule has 5 fully saturated rings. The summed E-state index contributed by atoms with van der Waals surface area (Å²) >= 11 is 0. The molecule has 0 unspecified atom stereocenters. The van der Waals surface area contributed by atoms with Gasteiger partial charge < -0.3 is 35.2 Å². The molecule has 47 heavy (non-hydrogen) atoms. The van der Waals surface area contributed by atoms with Gasteiger partial charge in [0.25, 0.3) is 0 Å². The number of ether oxygens (including phenoxy) is 2. The molecule has 5 N–H and O–H groups in total. The van der Waals surface area contributed by atoms with Crippen molar-refractivity contribution in [3.8, 4) is 0 Å². The van der Waals surface area contributed by atoms with Crippen molar-refractivity contribution in [2.45, 2.75) is 156 Å². The van der Waals surface area contributed by atoms with E-state index in [1.165, 1.54) is 12.5 Å². The van der Waals surface area contributed by atoms with E-state index in [9.17, 15) is 30.0 Å². The molecule has 1 aliphatic heterocycles. The minimum atomic E-state index is -1.35. The molecular formula is C38H61NO8. The van der Waals surface area contributed by atoms with Gasteiger partial charge in [0.15, 0.2) is 6.29 Å². The standard InChI is InChI=1S/C38H61NO8/c1-21(41)39-28-30(43)29(42)24(20-40)46-31(28)47-27-12-13-35(6)25(34(27,4)5)11-14-37(8)26(35)10-9-22-23-19-33(2,3)15-17-38(23,32(44)45)18-16-36(22,37)7/h9,23-31,40,42-43H,10-20H2,1-8H3,(H,39,41)(H,44,45)/t23-,24+,25+,26+,27-,28+,29+,30+,31-,35-,36+,37+,38-/m0/s1. The zero-order valence-electron chi connectivity index (χ0n) is 30.0. The molecule has 9 nitrogen and oxygen atoms in total. The summed E-state index contributed by atoms with van der Waals surface area (Å²) in [7, 11) is 0. The lowest BCUT2D eigenvalue weighted by atomic mass is 9.33. The number of amides is 1. The molecule has 0 radical (unpaired) electrons. The summed E-state index contributed by atoms with van der Waals surface area (Å²) in [5, 5.41) is 44.7. The fourth-order valence-corrected chi connectivity index (χ4v) is 12.6. The Bertz CT molecular complexity index is 1300. The summed E-state index contributed by atoms with van der Waals surface area (Å²) in [6.07, 6.45) is 6.79. The third kappa shape index (κ3) is 5.10. The monoisotopic (exact) mass is 659 g/mol. The van der Waals surface area contributed by atoms with Crippen LogP contribution in [-0.2, 0) is 19.1 Å². The van der Waals surface area contributed by atoms with Crippen molar-refractivity contribution < 1.29 is 39.5 Å². The van der Waals surface area contributed by atoms with E-state index in [-0.39, 0.29) is 45.0 Å². The van der Waals surface area contributed by atoms with Crippen molar-refractivity contribution in [1.82, 2.24) is 5.32 Å². The molecule has 9 heteroatoms. The molecule has 5 aliphatic carbocycles. The van der Waals surface area contributed by atoms with Gasteiger partial charge in [-0.2, -0.15) is 0 Å². The highest BCUT2D eigenvalue weighted by molar-refractivity contribution is 5.76. The number of carboxylic acids is 1. The van der Waals surface area contributed by atoms with Gasteiger partial charge in [-0.15, -0.1) is 0 Å². The smallest absolute Gasteiger partial charge is 0.310 e. The molecule has 0 aromatic rings. The summed E-state index contributed by atoms with van der Waals surface area (Å²) in [5.41, 5.74) is 0.733. The van der Waals surface area contributed by atoms with E-state index in [2.05, 4.69) is 59.9 Å². The molecule has 1 heterocycles. The Labute approximate surface area is 281 Å². The van der Waals surface area contributed by atoms with Crippen LogP contribution < -0.4 is 5.32 Å². The Morgan fingerprint density at radius 1 is 0.936 bits per heavy atom. The minimum Gasteiger partial charge on any atom is -0.481 e. The zero-order chi connectivity index (χ0) is 34.5. The highest BCUT2D eigenvalue weighted by atomic mass is 16.7. The molecule has 266 valence electrons. The number of carboxylic acid groups (broad SMARTS) is 1. The highest BCUT2D eigenvalue weighted by Crippen LogP contribution is 2.76. The molecule has 0 bridgehead atoms. The van der Waals surface area contributed by atoms with Crippen LogP contribution in [-0.4, -0.2) is 75.7 Å². The van der Waals surface area contributed by atoms with Crippen LogP contribution in [0.1, 0.15) is 120 Å². The van der Waals surface area contributed by atoms with Gasteiger partial charge in [-0.05, 0) is 109 Å². The number of rotatable bonds is 5. The van der Waals surface area contributed by atoms with E-state index >= 15 is 0 Å². The quantitative estimate of drug-likeness (QED) is 0.200. The number of aliphatic hydroxyl groups is 3. The van der Waals surface area contributed by atoms with Crippen LogP contribution in [0.5, 0.6) is 0 Å². The van der Waals surface area contributed by atoms with E-state index in [0.29, 0.717) is 11.8 Å². The predicted octanol–water partition coefficient (Wildman–Crippen LogP) is 5.20. The van der Waals surface area contributed by atoms with E-state index < -0.39 is 48.6 Å². The Kier molecular flexibility index (Phi) is 8.65. The first-order chi connectivity index (χ1) is 21.8. The number of nitrogens with one attached hydrogen (secondary N) is 1. The average Bonchev–Trinajstić information content (AvgIpc) is 2.97. The third-order valence-corrected chi connectivity index (χ3v) is 15.6. The summed E-state index contributed by atoms with van der Waals surface area (Å²) in [6, 6.07) is -0.958. The van der Waals surface area contributed by atoms with Gasteiger partial charge in [0.1, 0.15) is 24.4 Å². The number of carbonyl (C=O) groups excluding carboxylic acids is 1. The topological polar surface area (TPSA) is 146 Å². The normalized spacial score (nSPS) is 50.1. The predicted molar refractivity (Wildman–Crippen MR) is 177 cm³/mol. The lowest BCUT2D eigenvalue weighted by molar-refractivity contribution is -0.306. The summed E-state index contributed by atoms with van der Waals surface area (Å²) in [5.74, 6) is -0.0617. The maximum atomic E-state index is 13.0. The number of allylic oxidation sites excluding steroid dienone is 2. The SMILES string of the molecule is CC(=O)N[C@H]1[C@H](O[C@H]2CC[C@@]3(C)[C@H](CC[C@]4(C)[C@@H]3CC=C3[C@@H]5CC(C)(C)CC[C@]5(C(=O)O)CC[C@]34C)C2(C)C)O[C@H](CO)[C@@H](O)[C@@H]1O. The zero-order valence-corrected chi connectivity index (χ0v) is 30.0. The first kappa shape index (κ1) is 35.3. The van der Waals surface area contributed by atoms with Crippen LogP contribution in [0.15, 0.2) is 11.6 Å². The van der Waals surface area contributed by atoms with Gasteiger partial charge in [-0.1, -0.05) is 60.1 Å². The van der Waals surface area contributed by atoms with Crippen LogP contribution >= 0.6 is 0 Å². The third-order valence-electron chi connectivity index (χ3n) is 15.6. The number of fused-ring (bicyclic) bond motifs is 7. The molecule has 6 rings (SSSR count). The van der Waals surface area contributed by atoms with Crippen LogP contribution in [0.25, 0.3) is 0 Å². The fraction of sp³-hybridized carbons (Fsp3) is 0.895. The number of hydrogen-bond acceptors (Lipinski definition) is 7. The van der Waals surface area contributed by atoms with Crippen molar-refractivity contribution in [2.24, 2.45) is 50.2 Å². The van der Waals surface area contributed by atoms with Gasteiger partial charge in [0, 0.05) is 6.92 Å². The van der Waals surface area contributed by atoms with Crippen molar-refractivity contribution in [2.75, 3.05) is 6.61 Å². The summed E-state index contributed by atoms with van der Waals surface area (Å²) in [4.78, 5) is 25.0. The van der Waals surface area contributed by atoms with Crippen LogP contribution in [0.2, 0.25) is 0 Å². The van der Waals surface area contributed by atoms with Crippen LogP contribution in [0.4, 0.5) is 0 Å². The molecular weight excluding hydrogens is 598 g/mol. The van der Waals surface area contributed by atoms with E-state index in [4.69, 9.17) is 9.47 Å². The largest absolute Gasteiger partial charge is 0.481 e. The Hall–Kier alpha value is -1.52. The fourth-order valence-electron chi connectivity index (χ4n) is 12.6. The molecule has 0 aromatic carbocycles. The lowest BCUT2D eigenvalue weighted by Crippen LogP contribution is -2.67. The van der Waals surface area contributed by atoms with Crippen molar-refractivity contribution in [3.05, 3.63) is 11.6 Å². The average molecular weight is 660 g/mol. The van der Waals surface area contributed by atoms with E-state index in [1.54, 1.807) is 0 Å². The minimum absolute atomic E-state index is 0.0440. The molecule has 4 saturated carbocycles. The highest BCUT2D eigenvalue weighted by Gasteiger charge is 2.69. The second-order valence-electron chi connectivity index (χ2n) is 18.6. The lowest BCUT2D eigenvalue weighted by Gasteiger charge is -2.71. The number of carbonyl (C=O) groups is 2. The summed E-state index contributed by atoms with van der Waals surface area (Å²) in [6.45, 7) is 17.6. The molecule has 1 amide bonds. The van der Waals surface area contributed by atoms with Gasteiger partial charge in [0.2, 0.25) is 5.91 Å². The first-order valence-electron chi connectivity index (χ1n) is 18.3. The Morgan fingerprint density at radius 2 is 1.62 bits per heavy atom. The van der Waals surface area contributed by atoms with Gasteiger partial charge in [0.05, 0.1) is 18.1 Å². The molecule has 13 atom stereocenters. The maximum Gasteiger partial charge on any atom is 0.310 e. The molecule has 6 aliphatic rings. The van der Waals surface area contributed by atoms with E-state index in [0.717, 1.165) is 64.2 Å². The van der Waals surface area contributed by atoms with E-state index in [1.807, 2.05) is 0 Å².